The molecule has 0 fully saturated rings. The number of carbonyl (C=O) groups is 1. The zero-order chi connectivity index (χ0) is 13.5. The van der Waals surface area contributed by atoms with Crippen LogP contribution in [-0.4, -0.2) is 35.1 Å². The molecule has 1 N–H and O–H groups in total. The average Bonchev–Trinajstić information content (AvgIpc) is 2.31. The fourth-order valence-corrected chi connectivity index (χ4v) is 1.83. The van der Waals surface area contributed by atoms with Gasteiger partial charge in [0.2, 0.25) is 0 Å². The Balaban J connectivity index is 2.65. The van der Waals surface area contributed by atoms with Crippen LogP contribution < -0.4 is 0 Å². The maximum absolute atomic E-state index is 12.8. The highest BCUT2D eigenvalue weighted by atomic mass is 19.1. The standard InChI is InChI=1S/C14H18FNO2/c1-3-8-16(10-14(17)18)11(2)9-12-4-6-13(15)7-5-12/h3-7,11H,1,8-10H2,2H3,(H,17,18). The van der Waals surface area contributed by atoms with Gasteiger partial charge in [-0.25, -0.2) is 4.39 Å². The first kappa shape index (κ1) is 14.4. The third-order valence-electron chi connectivity index (χ3n) is 2.77. The zero-order valence-corrected chi connectivity index (χ0v) is 10.5. The average molecular weight is 251 g/mol. The van der Waals surface area contributed by atoms with Crippen LogP contribution in [0.2, 0.25) is 0 Å². The van der Waals surface area contributed by atoms with Crippen molar-refractivity contribution in [3.05, 3.63) is 48.3 Å². The summed E-state index contributed by atoms with van der Waals surface area (Å²) in [5, 5.41) is 8.84. The fraction of sp³-hybridized carbons (Fsp3) is 0.357. The minimum Gasteiger partial charge on any atom is -0.480 e. The van der Waals surface area contributed by atoms with Gasteiger partial charge in [-0.1, -0.05) is 18.2 Å². The third kappa shape index (κ3) is 4.67. The van der Waals surface area contributed by atoms with E-state index in [1.165, 1.54) is 12.1 Å². The largest absolute Gasteiger partial charge is 0.480 e. The lowest BCUT2D eigenvalue weighted by Crippen LogP contribution is -2.38. The summed E-state index contributed by atoms with van der Waals surface area (Å²) in [5.41, 5.74) is 0.989. The van der Waals surface area contributed by atoms with E-state index in [-0.39, 0.29) is 18.4 Å². The lowest BCUT2D eigenvalue weighted by Gasteiger charge is -2.26. The summed E-state index contributed by atoms with van der Waals surface area (Å²) in [6.45, 7) is 6.08. The number of hydrogen-bond donors (Lipinski definition) is 1. The Labute approximate surface area is 107 Å². The van der Waals surface area contributed by atoms with Crippen LogP contribution in [0.1, 0.15) is 12.5 Å². The van der Waals surface area contributed by atoms with Crippen molar-refractivity contribution in [2.45, 2.75) is 19.4 Å². The van der Waals surface area contributed by atoms with Crippen LogP contribution in [0.4, 0.5) is 4.39 Å². The van der Waals surface area contributed by atoms with E-state index < -0.39 is 5.97 Å². The fourth-order valence-electron chi connectivity index (χ4n) is 1.83. The van der Waals surface area contributed by atoms with Gasteiger partial charge in [-0.05, 0) is 31.0 Å². The first-order valence-electron chi connectivity index (χ1n) is 5.84. The molecule has 3 nitrogen and oxygen atoms in total. The Bertz CT molecular complexity index is 403. The van der Waals surface area contributed by atoms with E-state index in [4.69, 9.17) is 5.11 Å². The Morgan fingerprint density at radius 3 is 2.61 bits per heavy atom. The van der Waals surface area contributed by atoms with Gasteiger partial charge in [-0.3, -0.25) is 9.69 Å². The van der Waals surface area contributed by atoms with Crippen molar-refractivity contribution in [1.29, 1.82) is 0 Å². The molecule has 4 heteroatoms. The molecule has 98 valence electrons. The number of halogens is 1. The van der Waals surface area contributed by atoms with Crippen molar-refractivity contribution in [1.82, 2.24) is 4.90 Å². The molecule has 1 aromatic rings. The second-order valence-electron chi connectivity index (χ2n) is 4.29. The number of hydrogen-bond acceptors (Lipinski definition) is 2. The molecule has 0 aromatic heterocycles. The van der Waals surface area contributed by atoms with E-state index in [2.05, 4.69) is 6.58 Å². The minimum absolute atomic E-state index is 0.0195. The summed E-state index contributed by atoms with van der Waals surface area (Å²) < 4.78 is 12.8. The van der Waals surface area contributed by atoms with Crippen LogP contribution in [0, 0.1) is 5.82 Å². The van der Waals surface area contributed by atoms with Crippen molar-refractivity contribution >= 4 is 5.97 Å². The quantitative estimate of drug-likeness (QED) is 0.756. The molecule has 0 saturated heterocycles. The summed E-state index contributed by atoms with van der Waals surface area (Å²) >= 11 is 0. The molecule has 0 aliphatic heterocycles. The highest BCUT2D eigenvalue weighted by Gasteiger charge is 2.15. The summed E-state index contributed by atoms with van der Waals surface area (Å²) in [7, 11) is 0. The molecule has 0 bridgehead atoms. The molecule has 0 spiro atoms. The molecule has 18 heavy (non-hydrogen) atoms. The number of carboxylic acid groups (broad SMARTS) is 1. The lowest BCUT2D eigenvalue weighted by molar-refractivity contribution is -0.138. The molecule has 0 aliphatic carbocycles. The second-order valence-corrected chi connectivity index (χ2v) is 4.29. The molecule has 0 heterocycles. The number of carboxylic acids is 1. The summed E-state index contributed by atoms with van der Waals surface area (Å²) in [6, 6.07) is 6.33. The maximum atomic E-state index is 12.8. The minimum atomic E-state index is -0.859. The molecule has 0 saturated carbocycles. The molecule has 1 aromatic carbocycles. The van der Waals surface area contributed by atoms with Gasteiger partial charge in [0.15, 0.2) is 0 Å². The van der Waals surface area contributed by atoms with Crippen LogP contribution in [0.25, 0.3) is 0 Å². The first-order valence-corrected chi connectivity index (χ1v) is 5.84. The normalized spacial score (nSPS) is 12.4. The predicted octanol–water partition coefficient (Wildman–Crippen LogP) is 2.33. The number of benzene rings is 1. The van der Waals surface area contributed by atoms with Crippen molar-refractivity contribution in [2.24, 2.45) is 0 Å². The molecule has 1 atom stereocenters. The van der Waals surface area contributed by atoms with Gasteiger partial charge in [0, 0.05) is 12.6 Å². The Kier molecular flexibility index (Phi) is 5.52. The molecule has 1 unspecified atom stereocenters. The molecule has 0 aliphatic rings. The van der Waals surface area contributed by atoms with Gasteiger partial charge < -0.3 is 5.11 Å². The summed E-state index contributed by atoms with van der Waals surface area (Å²) in [5.74, 6) is -1.12. The predicted molar refractivity (Wildman–Crippen MR) is 69.0 cm³/mol. The van der Waals surface area contributed by atoms with E-state index in [1.54, 1.807) is 18.2 Å². The van der Waals surface area contributed by atoms with Gasteiger partial charge in [0.1, 0.15) is 5.82 Å². The second kappa shape index (κ2) is 6.91. The van der Waals surface area contributed by atoms with Crippen LogP contribution in [-0.2, 0) is 11.2 Å². The SMILES string of the molecule is C=CCN(CC(=O)O)C(C)Cc1ccc(F)cc1. The highest BCUT2D eigenvalue weighted by Crippen LogP contribution is 2.10. The number of nitrogens with zero attached hydrogens (tertiary/aromatic N) is 1. The third-order valence-corrected chi connectivity index (χ3v) is 2.77. The first-order chi connectivity index (χ1) is 8.52. The van der Waals surface area contributed by atoms with E-state index in [1.807, 2.05) is 11.8 Å². The molecule has 1 rings (SSSR count). The van der Waals surface area contributed by atoms with Crippen molar-refractivity contribution in [3.8, 4) is 0 Å². The number of aliphatic carboxylic acids is 1. The van der Waals surface area contributed by atoms with Crippen LogP contribution >= 0.6 is 0 Å². The van der Waals surface area contributed by atoms with E-state index in [9.17, 15) is 9.18 Å². The zero-order valence-electron chi connectivity index (χ0n) is 10.5. The van der Waals surface area contributed by atoms with E-state index in [0.29, 0.717) is 13.0 Å². The highest BCUT2D eigenvalue weighted by molar-refractivity contribution is 5.69. The van der Waals surface area contributed by atoms with E-state index in [0.717, 1.165) is 5.56 Å². The molecular weight excluding hydrogens is 233 g/mol. The van der Waals surface area contributed by atoms with Gasteiger partial charge >= 0.3 is 5.97 Å². The Hall–Kier alpha value is -1.68. The number of rotatable bonds is 7. The maximum Gasteiger partial charge on any atom is 0.317 e. The van der Waals surface area contributed by atoms with Crippen molar-refractivity contribution < 1.29 is 14.3 Å². The van der Waals surface area contributed by atoms with Crippen LogP contribution in [0.15, 0.2) is 36.9 Å². The van der Waals surface area contributed by atoms with Gasteiger partial charge in [0.25, 0.3) is 0 Å². The van der Waals surface area contributed by atoms with Crippen molar-refractivity contribution in [2.75, 3.05) is 13.1 Å². The molecule has 0 amide bonds. The monoisotopic (exact) mass is 251 g/mol. The summed E-state index contributed by atoms with van der Waals surface area (Å²) in [6.07, 6.45) is 2.37. The van der Waals surface area contributed by atoms with Gasteiger partial charge in [0.05, 0.1) is 6.54 Å². The van der Waals surface area contributed by atoms with Crippen LogP contribution in [0.5, 0.6) is 0 Å². The Morgan fingerprint density at radius 1 is 1.50 bits per heavy atom. The van der Waals surface area contributed by atoms with Gasteiger partial charge in [-0.15, -0.1) is 6.58 Å². The van der Waals surface area contributed by atoms with Gasteiger partial charge in [-0.2, -0.15) is 0 Å². The molecular formula is C14H18FNO2. The topological polar surface area (TPSA) is 40.5 Å². The Morgan fingerprint density at radius 2 is 2.11 bits per heavy atom. The van der Waals surface area contributed by atoms with Crippen molar-refractivity contribution in [3.63, 3.8) is 0 Å². The van der Waals surface area contributed by atoms with E-state index >= 15 is 0 Å². The lowest BCUT2D eigenvalue weighted by atomic mass is 10.1. The smallest absolute Gasteiger partial charge is 0.317 e. The van der Waals surface area contributed by atoms with Crippen LogP contribution in [0.3, 0.4) is 0 Å². The molecule has 0 radical (unpaired) electrons. The summed E-state index contributed by atoms with van der Waals surface area (Å²) in [4.78, 5) is 12.6.